The fourth-order valence-corrected chi connectivity index (χ4v) is 2.36. The molecule has 0 saturated heterocycles. The number of rotatable bonds is 6. The first kappa shape index (κ1) is 17.8. The Morgan fingerprint density at radius 1 is 1.22 bits per heavy atom. The monoisotopic (exact) mass is 328 g/mol. The van der Waals surface area contributed by atoms with Crippen molar-refractivity contribution >= 4 is 5.91 Å². The molecule has 0 aliphatic heterocycles. The van der Waals surface area contributed by atoms with E-state index in [0.717, 1.165) is 30.5 Å². The average Bonchev–Trinajstić information content (AvgIpc) is 3.29. The second-order valence-electron chi connectivity index (χ2n) is 6.43. The van der Waals surface area contributed by atoms with Crippen molar-refractivity contribution in [1.82, 2.24) is 9.80 Å². The first-order valence-electron chi connectivity index (χ1n) is 7.84. The van der Waals surface area contributed by atoms with Crippen molar-refractivity contribution in [3.63, 3.8) is 0 Å². The molecule has 0 aromatic heterocycles. The van der Waals surface area contributed by atoms with Crippen molar-refractivity contribution in [2.45, 2.75) is 51.5 Å². The van der Waals surface area contributed by atoms with Crippen LogP contribution in [0.4, 0.5) is 13.2 Å². The minimum Gasteiger partial charge on any atom is -0.342 e. The van der Waals surface area contributed by atoms with Crippen LogP contribution >= 0.6 is 0 Å². The minimum absolute atomic E-state index is 0.0406. The highest BCUT2D eigenvalue weighted by Gasteiger charge is 2.32. The van der Waals surface area contributed by atoms with Crippen molar-refractivity contribution < 1.29 is 18.0 Å². The van der Waals surface area contributed by atoms with Gasteiger partial charge >= 0.3 is 6.18 Å². The van der Waals surface area contributed by atoms with Gasteiger partial charge < -0.3 is 4.90 Å². The Kier molecular flexibility index (Phi) is 5.34. The molecule has 0 heterocycles. The number of amides is 1. The summed E-state index contributed by atoms with van der Waals surface area (Å²) in [6, 6.07) is 5.69. The topological polar surface area (TPSA) is 23.6 Å². The number of carbonyl (C=O) groups is 1. The van der Waals surface area contributed by atoms with Gasteiger partial charge in [0.1, 0.15) is 0 Å². The van der Waals surface area contributed by atoms with E-state index < -0.39 is 11.7 Å². The van der Waals surface area contributed by atoms with Crippen LogP contribution in [-0.2, 0) is 17.5 Å². The van der Waals surface area contributed by atoms with Gasteiger partial charge in [-0.1, -0.05) is 12.1 Å². The van der Waals surface area contributed by atoms with Crippen LogP contribution in [0.3, 0.4) is 0 Å². The highest BCUT2D eigenvalue weighted by atomic mass is 19.4. The summed E-state index contributed by atoms with van der Waals surface area (Å²) in [5.41, 5.74) is 0.153. The highest BCUT2D eigenvalue weighted by Crippen LogP contribution is 2.31. The Hall–Kier alpha value is -1.56. The smallest absolute Gasteiger partial charge is 0.342 e. The summed E-state index contributed by atoms with van der Waals surface area (Å²) >= 11 is 0. The molecule has 0 spiro atoms. The SMILES string of the molecule is CC(C)N(C)C(=O)CN(Cc1ccc(C(F)(F)F)cc1)C1CC1. The van der Waals surface area contributed by atoms with Gasteiger partial charge in [-0.05, 0) is 44.4 Å². The maximum atomic E-state index is 12.6. The number of hydrogen-bond acceptors (Lipinski definition) is 2. The van der Waals surface area contributed by atoms with Crippen LogP contribution in [0.5, 0.6) is 0 Å². The van der Waals surface area contributed by atoms with Crippen molar-refractivity contribution in [2.75, 3.05) is 13.6 Å². The zero-order chi connectivity index (χ0) is 17.2. The van der Waals surface area contributed by atoms with Crippen molar-refractivity contribution in [3.8, 4) is 0 Å². The molecular formula is C17H23F3N2O. The number of hydrogen-bond donors (Lipinski definition) is 0. The summed E-state index contributed by atoms with van der Waals surface area (Å²) < 4.78 is 37.8. The third kappa shape index (κ3) is 4.96. The molecule has 0 atom stereocenters. The number of halogens is 3. The number of benzene rings is 1. The number of nitrogens with zero attached hydrogens (tertiary/aromatic N) is 2. The molecular weight excluding hydrogens is 305 g/mol. The van der Waals surface area contributed by atoms with Gasteiger partial charge in [0.05, 0.1) is 12.1 Å². The Morgan fingerprint density at radius 2 is 1.78 bits per heavy atom. The molecule has 0 N–H and O–H groups in total. The van der Waals surface area contributed by atoms with Gasteiger partial charge in [0, 0.05) is 25.7 Å². The molecule has 3 nitrogen and oxygen atoms in total. The Labute approximate surface area is 135 Å². The lowest BCUT2D eigenvalue weighted by molar-refractivity contribution is -0.137. The second kappa shape index (κ2) is 6.91. The maximum Gasteiger partial charge on any atom is 0.416 e. The van der Waals surface area contributed by atoms with Gasteiger partial charge in [-0.15, -0.1) is 0 Å². The molecule has 0 radical (unpaired) electrons. The fraction of sp³-hybridized carbons (Fsp3) is 0.588. The lowest BCUT2D eigenvalue weighted by atomic mass is 10.1. The summed E-state index contributed by atoms with van der Waals surface area (Å²) in [6.45, 7) is 4.71. The first-order valence-corrected chi connectivity index (χ1v) is 7.84. The van der Waals surface area contributed by atoms with Crippen molar-refractivity contribution in [1.29, 1.82) is 0 Å². The van der Waals surface area contributed by atoms with E-state index in [1.54, 1.807) is 11.9 Å². The predicted octanol–water partition coefficient (Wildman–Crippen LogP) is 3.54. The van der Waals surface area contributed by atoms with Crippen molar-refractivity contribution in [3.05, 3.63) is 35.4 Å². The van der Waals surface area contributed by atoms with E-state index >= 15 is 0 Å². The fourth-order valence-electron chi connectivity index (χ4n) is 2.36. The molecule has 1 fully saturated rings. The first-order chi connectivity index (χ1) is 10.7. The summed E-state index contributed by atoms with van der Waals surface area (Å²) in [4.78, 5) is 16.0. The van der Waals surface area contributed by atoms with E-state index in [1.807, 2.05) is 13.8 Å². The summed E-state index contributed by atoms with van der Waals surface area (Å²) in [5, 5.41) is 0. The van der Waals surface area contributed by atoms with Crippen LogP contribution < -0.4 is 0 Å². The largest absolute Gasteiger partial charge is 0.416 e. The summed E-state index contributed by atoms with van der Waals surface area (Å²) in [6.07, 6.45) is -2.23. The van der Waals surface area contributed by atoms with Gasteiger partial charge in [0.25, 0.3) is 0 Å². The van der Waals surface area contributed by atoms with E-state index in [0.29, 0.717) is 19.1 Å². The quantitative estimate of drug-likeness (QED) is 0.797. The van der Waals surface area contributed by atoms with Gasteiger partial charge in [0.15, 0.2) is 0 Å². The van der Waals surface area contributed by atoms with Gasteiger partial charge in [-0.2, -0.15) is 13.2 Å². The molecule has 23 heavy (non-hydrogen) atoms. The molecule has 0 bridgehead atoms. The van der Waals surface area contributed by atoms with Crippen LogP contribution in [0.2, 0.25) is 0 Å². The highest BCUT2D eigenvalue weighted by molar-refractivity contribution is 5.78. The zero-order valence-electron chi connectivity index (χ0n) is 13.7. The molecule has 1 aliphatic rings. The van der Waals surface area contributed by atoms with Crippen LogP contribution in [0.15, 0.2) is 24.3 Å². The Morgan fingerprint density at radius 3 is 2.22 bits per heavy atom. The van der Waals surface area contributed by atoms with Crippen LogP contribution in [0.1, 0.15) is 37.8 Å². The van der Waals surface area contributed by atoms with E-state index in [4.69, 9.17) is 0 Å². The summed E-state index contributed by atoms with van der Waals surface area (Å²) in [5.74, 6) is 0.0406. The lowest BCUT2D eigenvalue weighted by Gasteiger charge is -2.27. The standard InChI is InChI=1S/C17H23F3N2O/c1-12(2)21(3)16(23)11-22(15-8-9-15)10-13-4-6-14(7-5-13)17(18,19)20/h4-7,12,15H,8-11H2,1-3H3. The molecule has 0 unspecified atom stereocenters. The molecule has 6 heteroatoms. The molecule has 1 amide bonds. The maximum absolute atomic E-state index is 12.6. The number of likely N-dealkylation sites (N-methyl/N-ethyl adjacent to an activating group) is 1. The minimum atomic E-state index is -4.31. The molecule has 1 aromatic carbocycles. The van der Waals surface area contributed by atoms with Crippen LogP contribution in [-0.4, -0.2) is 41.4 Å². The summed E-state index contributed by atoms with van der Waals surface area (Å²) in [7, 11) is 1.77. The number of carbonyl (C=O) groups excluding carboxylic acids is 1. The van der Waals surface area contributed by atoms with Gasteiger partial charge in [0.2, 0.25) is 5.91 Å². The number of alkyl halides is 3. The molecule has 2 rings (SSSR count). The average molecular weight is 328 g/mol. The van der Waals surface area contributed by atoms with Crippen molar-refractivity contribution in [2.24, 2.45) is 0 Å². The normalized spacial score (nSPS) is 15.3. The van der Waals surface area contributed by atoms with E-state index in [-0.39, 0.29) is 11.9 Å². The Bertz CT molecular complexity index is 536. The predicted molar refractivity (Wildman–Crippen MR) is 82.8 cm³/mol. The molecule has 1 aliphatic carbocycles. The third-order valence-corrected chi connectivity index (χ3v) is 4.24. The van der Waals surface area contributed by atoms with Gasteiger partial charge in [-0.25, -0.2) is 0 Å². The molecule has 1 saturated carbocycles. The molecule has 128 valence electrons. The molecule has 1 aromatic rings. The van der Waals surface area contributed by atoms with E-state index in [1.165, 1.54) is 12.1 Å². The second-order valence-corrected chi connectivity index (χ2v) is 6.43. The van der Waals surface area contributed by atoms with E-state index in [2.05, 4.69) is 4.90 Å². The van der Waals surface area contributed by atoms with Gasteiger partial charge in [-0.3, -0.25) is 9.69 Å². The van der Waals surface area contributed by atoms with Crippen LogP contribution in [0, 0.1) is 0 Å². The Balaban J connectivity index is 2.01. The third-order valence-electron chi connectivity index (χ3n) is 4.24. The van der Waals surface area contributed by atoms with E-state index in [9.17, 15) is 18.0 Å². The lowest BCUT2D eigenvalue weighted by Crippen LogP contribution is -2.42. The zero-order valence-corrected chi connectivity index (χ0v) is 13.7. The van der Waals surface area contributed by atoms with Crippen LogP contribution in [0.25, 0.3) is 0 Å².